The number of rotatable bonds is 6. The molecule has 0 spiro atoms. The highest BCUT2D eigenvalue weighted by Crippen LogP contribution is 2.24. The fourth-order valence-corrected chi connectivity index (χ4v) is 3.69. The van der Waals surface area contributed by atoms with Crippen molar-refractivity contribution in [3.8, 4) is 17.1 Å². The molecule has 1 unspecified atom stereocenters. The molecule has 1 aromatic heterocycles. The van der Waals surface area contributed by atoms with Gasteiger partial charge in [-0.2, -0.15) is 4.98 Å². The molecule has 0 amide bonds. The van der Waals surface area contributed by atoms with Gasteiger partial charge in [-0.3, -0.25) is 0 Å². The molecule has 1 aliphatic rings. The predicted octanol–water partition coefficient (Wildman–Crippen LogP) is -0.000500. The summed E-state index contributed by atoms with van der Waals surface area (Å²) in [6.45, 7) is 1.16. The third-order valence-corrected chi connectivity index (χ3v) is 5.21. The fourth-order valence-electron chi connectivity index (χ4n) is 3.69. The van der Waals surface area contributed by atoms with Crippen molar-refractivity contribution < 1.29 is 29.2 Å². The van der Waals surface area contributed by atoms with Crippen molar-refractivity contribution in [2.75, 3.05) is 13.7 Å². The molecule has 1 saturated heterocycles. The van der Waals surface area contributed by atoms with Gasteiger partial charge in [-0.05, 0) is 29.8 Å². The summed E-state index contributed by atoms with van der Waals surface area (Å²) in [5, 5.41) is 25.2. The summed E-state index contributed by atoms with van der Waals surface area (Å²) in [4.78, 5) is 16.5. The summed E-state index contributed by atoms with van der Waals surface area (Å²) in [5.74, 6) is 0.516. The van der Waals surface area contributed by atoms with E-state index in [0.717, 1.165) is 21.8 Å². The first kappa shape index (κ1) is 19.1. The number of nitrogens with zero attached hydrogens (tertiary/aromatic N) is 2. The van der Waals surface area contributed by atoms with E-state index in [1.54, 1.807) is 19.2 Å². The van der Waals surface area contributed by atoms with Gasteiger partial charge in [0.15, 0.2) is 6.04 Å². The van der Waals surface area contributed by atoms with Gasteiger partial charge in [-0.1, -0.05) is 29.4 Å². The Morgan fingerprint density at radius 2 is 1.97 bits per heavy atom. The highest BCUT2D eigenvalue weighted by molar-refractivity contribution is 5.85. The summed E-state index contributed by atoms with van der Waals surface area (Å²) in [6.07, 6.45) is 0.0605. The number of aliphatic hydroxyl groups excluding tert-OH is 1. The molecule has 4 rings (SSSR count). The van der Waals surface area contributed by atoms with E-state index in [9.17, 15) is 15.0 Å². The maximum Gasteiger partial charge on any atom is 0.285 e. The van der Waals surface area contributed by atoms with Crippen LogP contribution in [0, 0.1) is 0 Å². The van der Waals surface area contributed by atoms with Crippen molar-refractivity contribution in [3.05, 3.63) is 65.5 Å². The Morgan fingerprint density at radius 1 is 1.24 bits per heavy atom. The Kier molecular flexibility index (Phi) is 5.28. The molecular weight excluding hydrogens is 374 g/mol. The van der Waals surface area contributed by atoms with Crippen LogP contribution in [0.4, 0.5) is 0 Å². The number of carbonyl (C=O) groups excluding carboxylic acids is 1. The molecule has 0 bridgehead atoms. The topological polar surface area (TPSA) is 113 Å². The molecule has 3 aromatic rings. The zero-order valence-corrected chi connectivity index (χ0v) is 15.9. The Morgan fingerprint density at radius 3 is 2.62 bits per heavy atom. The van der Waals surface area contributed by atoms with Crippen LogP contribution in [-0.2, 0) is 6.54 Å². The first-order valence-corrected chi connectivity index (χ1v) is 9.34. The van der Waals surface area contributed by atoms with Crippen molar-refractivity contribution in [2.24, 2.45) is 0 Å². The molecule has 8 heteroatoms. The lowest BCUT2D eigenvalue weighted by Crippen LogP contribution is -3.09. The van der Waals surface area contributed by atoms with Gasteiger partial charge in [0, 0.05) is 17.5 Å². The van der Waals surface area contributed by atoms with Crippen LogP contribution < -0.4 is 14.7 Å². The molecule has 8 nitrogen and oxygen atoms in total. The summed E-state index contributed by atoms with van der Waals surface area (Å²) < 4.78 is 10.7. The van der Waals surface area contributed by atoms with Crippen LogP contribution in [-0.4, -0.2) is 41.0 Å². The van der Waals surface area contributed by atoms with E-state index in [-0.39, 0.29) is 11.6 Å². The van der Waals surface area contributed by atoms with E-state index in [4.69, 9.17) is 9.26 Å². The summed E-state index contributed by atoms with van der Waals surface area (Å²) >= 11 is 0. The molecular formula is C21H21N3O5. The van der Waals surface area contributed by atoms with E-state index >= 15 is 0 Å². The zero-order chi connectivity index (χ0) is 20.4. The molecule has 0 saturated carbocycles. The second-order valence-corrected chi connectivity index (χ2v) is 7.15. The Balaban J connectivity index is 1.52. The molecule has 2 aromatic carbocycles. The van der Waals surface area contributed by atoms with Crippen molar-refractivity contribution in [3.63, 3.8) is 0 Å². The average Bonchev–Trinajstić information content (AvgIpc) is 3.35. The quantitative estimate of drug-likeness (QED) is 0.604. The van der Waals surface area contributed by atoms with Crippen LogP contribution >= 0.6 is 0 Å². The minimum Gasteiger partial charge on any atom is -0.545 e. The Labute approximate surface area is 167 Å². The maximum atomic E-state index is 10.9. The van der Waals surface area contributed by atoms with Gasteiger partial charge in [-0.15, -0.1) is 0 Å². The first-order chi connectivity index (χ1) is 14.0. The molecule has 3 atom stereocenters. The minimum atomic E-state index is -1.20. The number of carboxylic acid groups (broad SMARTS) is 1. The van der Waals surface area contributed by atoms with Crippen molar-refractivity contribution in [2.45, 2.75) is 25.1 Å². The van der Waals surface area contributed by atoms with Crippen molar-refractivity contribution in [1.82, 2.24) is 10.1 Å². The van der Waals surface area contributed by atoms with Gasteiger partial charge in [0.25, 0.3) is 5.89 Å². The van der Waals surface area contributed by atoms with Gasteiger partial charge < -0.3 is 29.2 Å². The summed E-state index contributed by atoms with van der Waals surface area (Å²) in [6, 6.07) is 13.8. The molecule has 0 radical (unpaired) electrons. The summed E-state index contributed by atoms with van der Waals surface area (Å²) in [5.41, 5.74) is 1.92. The first-order valence-electron chi connectivity index (χ1n) is 9.34. The van der Waals surface area contributed by atoms with Gasteiger partial charge in [0.05, 0.1) is 13.1 Å². The molecule has 2 heterocycles. The van der Waals surface area contributed by atoms with E-state index in [1.165, 1.54) is 12.1 Å². The minimum absolute atomic E-state index is 0.134. The third kappa shape index (κ3) is 4.13. The average molecular weight is 395 g/mol. The number of likely N-dealkylation sites (tertiary alicyclic amines) is 1. The third-order valence-electron chi connectivity index (χ3n) is 5.21. The van der Waals surface area contributed by atoms with Gasteiger partial charge in [0.2, 0.25) is 5.82 Å². The number of ether oxygens (including phenoxy) is 1. The van der Waals surface area contributed by atoms with Crippen LogP contribution in [0.2, 0.25) is 0 Å². The molecule has 1 aliphatic heterocycles. The fraction of sp³-hybridized carbons (Fsp3) is 0.286. The van der Waals surface area contributed by atoms with Gasteiger partial charge in [-0.25, -0.2) is 0 Å². The lowest BCUT2D eigenvalue weighted by atomic mass is 10.1. The smallest absolute Gasteiger partial charge is 0.285 e. The Hall–Kier alpha value is -3.23. The number of hydrogen-bond acceptors (Lipinski definition) is 7. The zero-order valence-electron chi connectivity index (χ0n) is 15.9. The largest absolute Gasteiger partial charge is 0.545 e. The van der Waals surface area contributed by atoms with Crippen molar-refractivity contribution >= 4 is 5.97 Å². The van der Waals surface area contributed by atoms with Crippen LogP contribution in [0.3, 0.4) is 0 Å². The Bertz CT molecular complexity index is 984. The SMILES string of the molecule is COc1ccc(-c2noc([C@@H]3C[C@@H](O)C[NH+]3Cc3ccc(C(=O)[O-])cc3)n2)cc1. The number of aliphatic hydroxyl groups is 1. The maximum absolute atomic E-state index is 10.9. The number of methoxy groups -OCH3 is 1. The second-order valence-electron chi connectivity index (χ2n) is 7.15. The van der Waals surface area contributed by atoms with E-state index < -0.39 is 12.1 Å². The highest BCUT2D eigenvalue weighted by Gasteiger charge is 2.40. The number of hydrogen-bond donors (Lipinski definition) is 2. The number of nitrogens with one attached hydrogen (secondary N) is 1. The van der Waals surface area contributed by atoms with Crippen LogP contribution in [0.5, 0.6) is 5.75 Å². The number of carbonyl (C=O) groups is 1. The number of aromatic carboxylic acids is 1. The molecule has 150 valence electrons. The van der Waals surface area contributed by atoms with E-state index in [1.807, 2.05) is 24.3 Å². The summed E-state index contributed by atoms with van der Waals surface area (Å²) in [7, 11) is 1.61. The number of benzene rings is 2. The number of carboxylic acids is 1. The molecule has 0 aliphatic carbocycles. The molecule has 29 heavy (non-hydrogen) atoms. The predicted molar refractivity (Wildman–Crippen MR) is 100.0 cm³/mol. The normalized spacial score (nSPS) is 21.2. The highest BCUT2D eigenvalue weighted by atomic mass is 16.5. The van der Waals surface area contributed by atoms with Crippen LogP contribution in [0.15, 0.2) is 53.1 Å². The number of aromatic nitrogens is 2. The lowest BCUT2D eigenvalue weighted by Gasteiger charge is -2.18. The lowest BCUT2D eigenvalue weighted by molar-refractivity contribution is -0.934. The van der Waals surface area contributed by atoms with Crippen LogP contribution in [0.25, 0.3) is 11.4 Å². The standard InChI is InChI=1S/C21H21N3O5/c1-28-17-8-6-14(7-9-17)19-22-20(29-23-19)18-10-16(25)12-24(18)11-13-2-4-15(5-3-13)21(26)27/h2-9,16,18,25H,10-12H2,1H3,(H,26,27)/t16-,18+/m1/s1. The van der Waals surface area contributed by atoms with Gasteiger partial charge in [0.1, 0.15) is 24.9 Å². The van der Waals surface area contributed by atoms with E-state index in [2.05, 4.69) is 10.1 Å². The second kappa shape index (κ2) is 8.02. The molecule has 1 fully saturated rings. The monoisotopic (exact) mass is 395 g/mol. The van der Waals surface area contributed by atoms with E-state index in [0.29, 0.717) is 31.2 Å². The van der Waals surface area contributed by atoms with Gasteiger partial charge >= 0.3 is 0 Å². The van der Waals surface area contributed by atoms with Crippen LogP contribution in [0.1, 0.15) is 34.3 Å². The molecule has 2 N–H and O–H groups in total. The van der Waals surface area contributed by atoms with Crippen molar-refractivity contribution in [1.29, 1.82) is 0 Å². The number of quaternary nitrogens is 1.